The Labute approximate surface area is 185 Å². The van der Waals surface area contributed by atoms with Crippen LogP contribution in [0.25, 0.3) is 0 Å². The summed E-state index contributed by atoms with van der Waals surface area (Å²) < 4.78 is 43.3. The molecule has 2 N–H and O–H groups in total. The van der Waals surface area contributed by atoms with Crippen LogP contribution >= 0.6 is 24.0 Å². The second-order valence-corrected chi connectivity index (χ2v) is 7.28. The Balaban J connectivity index is 0.00000300. The highest BCUT2D eigenvalue weighted by Crippen LogP contribution is 2.38. The molecule has 0 bridgehead atoms. The number of halogens is 4. The average Bonchev–Trinajstić information content (AvgIpc) is 3.31. The molecule has 162 valence electrons. The normalized spacial score (nSPS) is 21.9. The number of hydrogen-bond donors (Lipinski definition) is 2. The van der Waals surface area contributed by atoms with E-state index in [2.05, 4.69) is 20.5 Å². The number of hydrogen-bond acceptors (Lipinski definition) is 3. The first-order valence-electron chi connectivity index (χ1n) is 9.32. The van der Waals surface area contributed by atoms with Gasteiger partial charge in [0.15, 0.2) is 5.96 Å². The van der Waals surface area contributed by atoms with Crippen LogP contribution in [0.1, 0.15) is 28.8 Å². The van der Waals surface area contributed by atoms with Gasteiger partial charge in [-0.15, -0.1) is 24.0 Å². The lowest BCUT2D eigenvalue weighted by Gasteiger charge is -2.25. The summed E-state index contributed by atoms with van der Waals surface area (Å²) in [5.41, 5.74) is -0.348. The first-order chi connectivity index (χ1) is 13.3. The lowest BCUT2D eigenvalue weighted by molar-refractivity contribution is -0.137. The number of ether oxygens (including phenoxy) is 1. The van der Waals surface area contributed by atoms with E-state index in [0.717, 1.165) is 57.2 Å². The van der Waals surface area contributed by atoms with Gasteiger partial charge >= 0.3 is 6.18 Å². The molecular formula is C19H26F3IN4O2. The fourth-order valence-electron chi connectivity index (χ4n) is 3.68. The second kappa shape index (κ2) is 9.96. The fourth-order valence-corrected chi connectivity index (χ4v) is 3.68. The SMILES string of the molecule is CN=C(NCCNC(=O)c1ccc(C(F)(F)F)cc1)N1CCC2(CCOC2)C1.I. The minimum atomic E-state index is -4.41. The molecule has 1 aromatic rings. The van der Waals surface area contributed by atoms with Crippen molar-refractivity contribution in [1.82, 2.24) is 15.5 Å². The van der Waals surface area contributed by atoms with E-state index in [1.54, 1.807) is 7.05 Å². The highest BCUT2D eigenvalue weighted by molar-refractivity contribution is 14.0. The van der Waals surface area contributed by atoms with Crippen LogP contribution in [0.5, 0.6) is 0 Å². The van der Waals surface area contributed by atoms with Crippen LogP contribution in [-0.4, -0.2) is 63.2 Å². The first kappa shape index (κ1) is 23.7. The summed E-state index contributed by atoms with van der Waals surface area (Å²) in [6.07, 6.45) is -2.25. The van der Waals surface area contributed by atoms with E-state index in [1.807, 2.05) is 0 Å². The molecule has 0 radical (unpaired) electrons. The molecule has 1 amide bonds. The molecule has 3 rings (SSSR count). The largest absolute Gasteiger partial charge is 0.416 e. The Morgan fingerprint density at radius 1 is 1.21 bits per heavy atom. The van der Waals surface area contributed by atoms with E-state index in [-0.39, 0.29) is 35.0 Å². The number of carbonyl (C=O) groups is 1. The zero-order valence-electron chi connectivity index (χ0n) is 16.2. The molecule has 1 unspecified atom stereocenters. The molecule has 2 fully saturated rings. The number of rotatable bonds is 4. The van der Waals surface area contributed by atoms with Gasteiger partial charge in [0.25, 0.3) is 5.91 Å². The molecule has 1 spiro atoms. The third kappa shape index (κ3) is 5.97. The molecule has 1 aromatic carbocycles. The number of nitrogens with zero attached hydrogens (tertiary/aromatic N) is 2. The number of benzene rings is 1. The van der Waals surface area contributed by atoms with Crippen LogP contribution in [0.15, 0.2) is 29.3 Å². The molecule has 2 heterocycles. The van der Waals surface area contributed by atoms with Gasteiger partial charge in [0, 0.05) is 50.8 Å². The number of nitrogens with one attached hydrogen (secondary N) is 2. The predicted octanol–water partition coefficient (Wildman–Crippen LogP) is 2.74. The van der Waals surface area contributed by atoms with Gasteiger partial charge in [-0.2, -0.15) is 13.2 Å². The van der Waals surface area contributed by atoms with Gasteiger partial charge < -0.3 is 20.3 Å². The zero-order valence-corrected chi connectivity index (χ0v) is 18.5. The van der Waals surface area contributed by atoms with Crippen molar-refractivity contribution < 1.29 is 22.7 Å². The number of carbonyl (C=O) groups excluding carboxylic acids is 1. The van der Waals surface area contributed by atoms with E-state index < -0.39 is 17.6 Å². The van der Waals surface area contributed by atoms with Crippen molar-refractivity contribution in [2.75, 3.05) is 46.4 Å². The van der Waals surface area contributed by atoms with Crippen LogP contribution < -0.4 is 10.6 Å². The van der Waals surface area contributed by atoms with E-state index in [9.17, 15) is 18.0 Å². The van der Waals surface area contributed by atoms with Crippen LogP contribution in [0.4, 0.5) is 13.2 Å². The maximum atomic E-state index is 12.6. The summed E-state index contributed by atoms with van der Waals surface area (Å²) in [7, 11) is 1.72. The number of aliphatic imine (C=N–C) groups is 1. The van der Waals surface area contributed by atoms with Gasteiger partial charge in [-0.05, 0) is 37.1 Å². The zero-order chi connectivity index (χ0) is 20.2. The van der Waals surface area contributed by atoms with Crippen molar-refractivity contribution in [2.24, 2.45) is 10.4 Å². The van der Waals surface area contributed by atoms with Gasteiger partial charge in [-0.25, -0.2) is 0 Å². The molecule has 2 saturated heterocycles. The topological polar surface area (TPSA) is 66.0 Å². The fraction of sp³-hybridized carbons (Fsp3) is 0.579. The minimum absolute atomic E-state index is 0. The molecule has 1 atom stereocenters. The molecule has 10 heteroatoms. The number of alkyl halides is 3. The summed E-state index contributed by atoms with van der Waals surface area (Å²) in [5.74, 6) is 0.376. The monoisotopic (exact) mass is 526 g/mol. The van der Waals surface area contributed by atoms with Crippen molar-refractivity contribution in [3.63, 3.8) is 0 Å². The third-order valence-electron chi connectivity index (χ3n) is 5.30. The van der Waals surface area contributed by atoms with Gasteiger partial charge in [-0.3, -0.25) is 9.79 Å². The van der Waals surface area contributed by atoms with Gasteiger partial charge in [0.1, 0.15) is 0 Å². The Hall–Kier alpha value is -1.56. The van der Waals surface area contributed by atoms with E-state index in [4.69, 9.17) is 4.74 Å². The Morgan fingerprint density at radius 3 is 2.48 bits per heavy atom. The molecular weight excluding hydrogens is 500 g/mol. The Bertz CT molecular complexity index is 719. The average molecular weight is 526 g/mol. The number of guanidine groups is 1. The van der Waals surface area contributed by atoms with E-state index in [1.165, 1.54) is 12.1 Å². The standard InChI is InChI=1S/C19H25F3N4O2.HI/c1-23-17(26-10-6-18(12-26)7-11-28-13-18)25-9-8-24-16(27)14-2-4-15(5-3-14)19(20,21)22;/h2-5H,6-13H2,1H3,(H,23,25)(H,24,27);1H. The van der Waals surface area contributed by atoms with E-state index >= 15 is 0 Å². The van der Waals surface area contributed by atoms with Crippen LogP contribution in [-0.2, 0) is 10.9 Å². The van der Waals surface area contributed by atoms with Crippen LogP contribution in [0, 0.1) is 5.41 Å². The maximum absolute atomic E-state index is 12.6. The quantitative estimate of drug-likeness (QED) is 0.274. The van der Waals surface area contributed by atoms with E-state index in [0.29, 0.717) is 13.1 Å². The lowest BCUT2D eigenvalue weighted by Crippen LogP contribution is -2.44. The predicted molar refractivity (Wildman–Crippen MR) is 115 cm³/mol. The summed E-state index contributed by atoms with van der Waals surface area (Å²) in [6, 6.07) is 4.17. The molecule has 6 nitrogen and oxygen atoms in total. The summed E-state index contributed by atoms with van der Waals surface area (Å²) in [6.45, 7) is 4.24. The van der Waals surface area contributed by atoms with Crippen molar-refractivity contribution in [2.45, 2.75) is 19.0 Å². The molecule has 29 heavy (non-hydrogen) atoms. The van der Waals surface area contributed by atoms with Gasteiger partial charge in [0.2, 0.25) is 0 Å². The number of amides is 1. The minimum Gasteiger partial charge on any atom is -0.381 e. The maximum Gasteiger partial charge on any atom is 0.416 e. The first-order valence-corrected chi connectivity index (χ1v) is 9.32. The molecule has 2 aliphatic rings. The Kier molecular flexibility index (Phi) is 8.15. The molecule has 0 aromatic heterocycles. The highest BCUT2D eigenvalue weighted by atomic mass is 127. The number of likely N-dealkylation sites (tertiary alicyclic amines) is 1. The van der Waals surface area contributed by atoms with Crippen molar-refractivity contribution >= 4 is 35.8 Å². The van der Waals surface area contributed by atoms with Crippen molar-refractivity contribution in [3.05, 3.63) is 35.4 Å². The van der Waals surface area contributed by atoms with Crippen LogP contribution in [0.2, 0.25) is 0 Å². The molecule has 0 saturated carbocycles. The van der Waals surface area contributed by atoms with Crippen molar-refractivity contribution in [3.8, 4) is 0 Å². The molecule has 0 aliphatic carbocycles. The highest BCUT2D eigenvalue weighted by Gasteiger charge is 2.42. The summed E-state index contributed by atoms with van der Waals surface area (Å²) in [5, 5.41) is 5.92. The Morgan fingerprint density at radius 2 is 1.90 bits per heavy atom. The van der Waals surface area contributed by atoms with Crippen LogP contribution in [0.3, 0.4) is 0 Å². The summed E-state index contributed by atoms with van der Waals surface area (Å²) >= 11 is 0. The second-order valence-electron chi connectivity index (χ2n) is 7.28. The lowest BCUT2D eigenvalue weighted by atomic mass is 9.87. The third-order valence-corrected chi connectivity index (χ3v) is 5.30. The summed E-state index contributed by atoms with van der Waals surface area (Å²) in [4.78, 5) is 18.6. The molecule has 2 aliphatic heterocycles. The van der Waals surface area contributed by atoms with Gasteiger partial charge in [0.05, 0.1) is 12.2 Å². The smallest absolute Gasteiger partial charge is 0.381 e. The van der Waals surface area contributed by atoms with Crippen molar-refractivity contribution in [1.29, 1.82) is 0 Å². The van der Waals surface area contributed by atoms with Gasteiger partial charge in [-0.1, -0.05) is 0 Å².